The molecule has 1 atom stereocenters. The van der Waals surface area contributed by atoms with Crippen LogP contribution in [0.15, 0.2) is 42.5 Å². The van der Waals surface area contributed by atoms with Crippen LogP contribution < -0.4 is 0 Å². The van der Waals surface area contributed by atoms with Gasteiger partial charge in [0.15, 0.2) is 0 Å². The van der Waals surface area contributed by atoms with Crippen LogP contribution in [0.2, 0.25) is 0 Å². The standard InChI is InChI=1S/C17H20NO4P/c1-12(18)23(21,22)11-15(17(19)20)10-9-14-7-4-6-13-5-2-3-8-16(13)14/h2-8,15,18,21-22H,9-11H2,1H3/p+1. The van der Waals surface area contributed by atoms with E-state index in [9.17, 15) is 19.7 Å². The predicted molar refractivity (Wildman–Crippen MR) is 93.0 cm³/mol. The Morgan fingerprint density at radius 2 is 1.83 bits per heavy atom. The molecule has 0 aromatic heterocycles. The maximum absolute atomic E-state index is 11.4. The molecule has 0 radical (unpaired) electrons. The minimum atomic E-state index is -3.59. The van der Waals surface area contributed by atoms with Crippen LogP contribution in [-0.2, 0) is 11.2 Å². The third-order valence-corrected chi connectivity index (χ3v) is 6.03. The van der Waals surface area contributed by atoms with Gasteiger partial charge in [-0.25, -0.2) is 9.79 Å². The number of benzene rings is 2. The molecule has 5 nitrogen and oxygen atoms in total. The first-order valence-corrected chi connectivity index (χ1v) is 9.28. The summed E-state index contributed by atoms with van der Waals surface area (Å²) in [6.45, 7) is 1.30. The van der Waals surface area contributed by atoms with Crippen LogP contribution in [0.4, 0.5) is 0 Å². The predicted octanol–water partition coefficient (Wildman–Crippen LogP) is 3.30. The van der Waals surface area contributed by atoms with E-state index in [2.05, 4.69) is 0 Å². The summed E-state index contributed by atoms with van der Waals surface area (Å²) in [6.07, 6.45) is 0.567. The van der Waals surface area contributed by atoms with Gasteiger partial charge in [0.1, 0.15) is 6.16 Å². The van der Waals surface area contributed by atoms with Crippen molar-refractivity contribution in [2.75, 3.05) is 6.16 Å². The number of aryl methyl sites for hydroxylation is 1. The topological polar surface area (TPSA) is 102 Å². The zero-order chi connectivity index (χ0) is 17.0. The van der Waals surface area contributed by atoms with Gasteiger partial charge in [0.05, 0.1) is 5.92 Å². The highest BCUT2D eigenvalue weighted by molar-refractivity contribution is 7.81. The van der Waals surface area contributed by atoms with E-state index in [-0.39, 0.29) is 11.6 Å². The monoisotopic (exact) mass is 334 g/mol. The van der Waals surface area contributed by atoms with Crippen molar-refractivity contribution < 1.29 is 19.7 Å². The molecular formula is C17H21NO4P+. The van der Waals surface area contributed by atoms with Crippen molar-refractivity contribution in [2.24, 2.45) is 5.92 Å². The largest absolute Gasteiger partial charge is 0.481 e. The highest BCUT2D eigenvalue weighted by Crippen LogP contribution is 2.52. The zero-order valence-electron chi connectivity index (χ0n) is 12.9. The lowest BCUT2D eigenvalue weighted by atomic mass is 9.97. The van der Waals surface area contributed by atoms with E-state index in [4.69, 9.17) is 5.41 Å². The van der Waals surface area contributed by atoms with Crippen molar-refractivity contribution in [3.8, 4) is 0 Å². The quantitative estimate of drug-likeness (QED) is 0.461. The van der Waals surface area contributed by atoms with Crippen LogP contribution in [0.25, 0.3) is 10.8 Å². The lowest BCUT2D eigenvalue weighted by Crippen LogP contribution is -2.22. The van der Waals surface area contributed by atoms with Crippen molar-refractivity contribution in [2.45, 2.75) is 19.8 Å². The first kappa shape index (κ1) is 17.5. The van der Waals surface area contributed by atoms with Gasteiger partial charge in [-0.15, -0.1) is 0 Å². The van der Waals surface area contributed by atoms with Gasteiger partial charge >= 0.3 is 13.7 Å². The number of carboxylic acids is 1. The molecule has 0 aliphatic carbocycles. The summed E-state index contributed by atoms with van der Waals surface area (Å²) in [5.41, 5.74) is 0.801. The second-order valence-electron chi connectivity index (χ2n) is 5.71. The summed E-state index contributed by atoms with van der Waals surface area (Å²) >= 11 is 0. The number of carbonyl (C=O) groups is 1. The summed E-state index contributed by atoms with van der Waals surface area (Å²) in [4.78, 5) is 31.1. The molecule has 1 unspecified atom stereocenters. The average Bonchev–Trinajstić information content (AvgIpc) is 2.51. The van der Waals surface area contributed by atoms with E-state index in [1.807, 2.05) is 42.5 Å². The van der Waals surface area contributed by atoms with Gasteiger partial charge in [0.25, 0.3) is 0 Å². The second-order valence-corrected chi connectivity index (χ2v) is 8.21. The fourth-order valence-corrected chi connectivity index (χ4v) is 3.80. The van der Waals surface area contributed by atoms with Gasteiger partial charge in [-0.1, -0.05) is 42.5 Å². The van der Waals surface area contributed by atoms with Crippen molar-refractivity contribution in [3.05, 3.63) is 48.0 Å². The number of carboxylic acid groups (broad SMARTS) is 1. The molecule has 0 fully saturated rings. The van der Waals surface area contributed by atoms with Crippen LogP contribution in [0.5, 0.6) is 0 Å². The molecule has 6 heteroatoms. The molecule has 0 aliphatic rings. The van der Waals surface area contributed by atoms with Crippen LogP contribution >= 0.6 is 7.72 Å². The highest BCUT2D eigenvalue weighted by Gasteiger charge is 2.42. The Balaban J connectivity index is 2.15. The third-order valence-electron chi connectivity index (χ3n) is 4.00. The zero-order valence-corrected chi connectivity index (χ0v) is 13.8. The molecule has 2 rings (SSSR count). The van der Waals surface area contributed by atoms with Gasteiger partial charge in [0.2, 0.25) is 5.45 Å². The van der Waals surface area contributed by atoms with Crippen molar-refractivity contribution in [1.29, 1.82) is 5.41 Å². The fourth-order valence-electron chi connectivity index (χ4n) is 2.58. The Labute approximate surface area is 135 Å². The van der Waals surface area contributed by atoms with Crippen LogP contribution in [-0.4, -0.2) is 32.5 Å². The Kier molecular flexibility index (Phi) is 5.47. The molecule has 122 valence electrons. The van der Waals surface area contributed by atoms with Crippen LogP contribution in [0.1, 0.15) is 18.9 Å². The first-order valence-electron chi connectivity index (χ1n) is 7.40. The number of rotatable bonds is 7. The highest BCUT2D eigenvalue weighted by atomic mass is 31.2. The van der Waals surface area contributed by atoms with E-state index in [1.165, 1.54) is 6.92 Å². The summed E-state index contributed by atoms with van der Waals surface area (Å²) in [6, 6.07) is 13.8. The average molecular weight is 334 g/mol. The van der Waals surface area contributed by atoms with Crippen molar-refractivity contribution >= 4 is 29.9 Å². The van der Waals surface area contributed by atoms with E-state index in [1.54, 1.807) is 0 Å². The maximum Gasteiger partial charge on any atom is 0.314 e. The SMILES string of the molecule is CC(=N)[P+](O)(O)CC(CCc1cccc2ccccc12)C(=O)O. The van der Waals surface area contributed by atoms with Gasteiger partial charge in [0, 0.05) is 6.92 Å². The molecule has 2 aromatic carbocycles. The number of hydrogen-bond donors (Lipinski definition) is 4. The van der Waals surface area contributed by atoms with Gasteiger partial charge in [-0.05, 0) is 29.2 Å². The Morgan fingerprint density at radius 3 is 2.48 bits per heavy atom. The molecule has 0 bridgehead atoms. The lowest BCUT2D eigenvalue weighted by Gasteiger charge is -2.16. The van der Waals surface area contributed by atoms with E-state index < -0.39 is 19.6 Å². The maximum atomic E-state index is 11.4. The smallest absolute Gasteiger partial charge is 0.314 e. The fraction of sp³-hybridized carbons (Fsp3) is 0.294. The number of aliphatic carboxylic acids is 1. The summed E-state index contributed by atoms with van der Waals surface area (Å²) in [5, 5.41) is 18.9. The molecule has 2 aromatic rings. The van der Waals surface area contributed by atoms with E-state index in [0.717, 1.165) is 16.3 Å². The van der Waals surface area contributed by atoms with E-state index >= 15 is 0 Å². The lowest BCUT2D eigenvalue weighted by molar-refractivity contribution is -0.141. The number of fused-ring (bicyclic) bond motifs is 1. The Morgan fingerprint density at radius 1 is 1.17 bits per heavy atom. The molecule has 0 saturated carbocycles. The second kappa shape index (κ2) is 7.18. The molecule has 0 spiro atoms. The number of nitrogens with one attached hydrogen (secondary N) is 1. The van der Waals surface area contributed by atoms with Crippen LogP contribution in [0, 0.1) is 11.3 Å². The summed E-state index contributed by atoms with van der Waals surface area (Å²) in [7, 11) is -3.59. The van der Waals surface area contributed by atoms with Gasteiger partial charge in [-0.3, -0.25) is 10.2 Å². The normalized spacial score (nSPS) is 13.0. The summed E-state index contributed by atoms with van der Waals surface area (Å²) in [5.74, 6) is -1.93. The molecule has 0 saturated heterocycles. The van der Waals surface area contributed by atoms with Crippen LogP contribution in [0.3, 0.4) is 0 Å². The Bertz CT molecular complexity index is 724. The minimum Gasteiger partial charge on any atom is -0.481 e. The third kappa shape index (κ3) is 4.35. The minimum absolute atomic E-state index is 0.242. The summed E-state index contributed by atoms with van der Waals surface area (Å²) < 4.78 is 0. The van der Waals surface area contributed by atoms with Crippen molar-refractivity contribution in [1.82, 2.24) is 0 Å². The van der Waals surface area contributed by atoms with E-state index in [0.29, 0.717) is 12.8 Å². The molecular weight excluding hydrogens is 313 g/mol. The molecule has 0 heterocycles. The number of hydrogen-bond acceptors (Lipinski definition) is 4. The first-order chi connectivity index (χ1) is 10.8. The molecule has 0 aliphatic heterocycles. The Hall–Kier alpha value is -1.81. The van der Waals surface area contributed by atoms with Gasteiger partial charge in [-0.2, -0.15) is 0 Å². The molecule has 23 heavy (non-hydrogen) atoms. The van der Waals surface area contributed by atoms with Crippen molar-refractivity contribution in [3.63, 3.8) is 0 Å². The molecule has 4 N–H and O–H groups in total. The van der Waals surface area contributed by atoms with Gasteiger partial charge < -0.3 is 5.11 Å². The molecule has 0 amide bonds.